The summed E-state index contributed by atoms with van der Waals surface area (Å²) in [7, 11) is 0. The molecular weight excluding hydrogens is 362 g/mol. The number of hydrogen-bond acceptors (Lipinski definition) is 4. The Hall–Kier alpha value is -3.37. The zero-order chi connectivity index (χ0) is 19.6. The van der Waals surface area contributed by atoms with Gasteiger partial charge >= 0.3 is 0 Å². The van der Waals surface area contributed by atoms with Gasteiger partial charge in [-0.15, -0.1) is 0 Å². The monoisotopic (exact) mass is 383 g/mol. The quantitative estimate of drug-likeness (QED) is 0.513. The second-order valence-electron chi connectivity index (χ2n) is 7.33. The highest BCUT2D eigenvalue weighted by Gasteiger charge is 2.47. The zero-order valence-electron chi connectivity index (χ0n) is 15.8. The summed E-state index contributed by atoms with van der Waals surface area (Å²) < 4.78 is 11.5. The molecule has 0 bridgehead atoms. The van der Waals surface area contributed by atoms with Crippen molar-refractivity contribution >= 4 is 5.78 Å². The van der Waals surface area contributed by atoms with Crippen LogP contribution >= 0.6 is 0 Å². The number of ketones is 1. The fraction of sp³-hybridized carbons (Fsp3) is 0.160. The molecule has 0 aliphatic carbocycles. The van der Waals surface area contributed by atoms with Gasteiger partial charge in [0.15, 0.2) is 5.78 Å². The molecule has 1 aliphatic heterocycles. The third-order valence-electron chi connectivity index (χ3n) is 5.66. The third-order valence-corrected chi connectivity index (χ3v) is 5.66. The lowest BCUT2D eigenvalue weighted by atomic mass is 9.71. The summed E-state index contributed by atoms with van der Waals surface area (Å²) in [6.07, 6.45) is 3.30. The van der Waals surface area contributed by atoms with Crippen LogP contribution in [0, 0.1) is 0 Å². The first-order valence-electron chi connectivity index (χ1n) is 9.79. The lowest BCUT2D eigenvalue weighted by Gasteiger charge is -2.40. The number of benzene rings is 2. The van der Waals surface area contributed by atoms with Crippen molar-refractivity contribution < 1.29 is 13.6 Å². The highest BCUT2D eigenvalue weighted by Crippen LogP contribution is 2.47. The normalized spacial score (nSPS) is 24.5. The van der Waals surface area contributed by atoms with Crippen LogP contribution in [0.3, 0.4) is 0 Å². The minimum absolute atomic E-state index is 0.156. The second kappa shape index (κ2) is 7.57. The SMILES string of the molecule is O=C1[C@@H](c2ccccc2)[C@@H](c2ccco2)N[C@@H](c2ccco2)[C@@H]1c1ccccc1. The zero-order valence-corrected chi connectivity index (χ0v) is 15.8. The maximum atomic E-state index is 14.0. The number of carbonyl (C=O) groups excluding carboxylic acids is 1. The Labute approximate surface area is 169 Å². The molecule has 0 unspecified atom stereocenters. The van der Waals surface area contributed by atoms with Gasteiger partial charge < -0.3 is 8.83 Å². The molecule has 4 heteroatoms. The molecule has 0 spiro atoms. The van der Waals surface area contributed by atoms with Gasteiger partial charge in [0, 0.05) is 0 Å². The first-order chi connectivity index (χ1) is 14.3. The molecule has 3 heterocycles. The Bertz CT molecular complexity index is 970. The third kappa shape index (κ3) is 3.22. The van der Waals surface area contributed by atoms with E-state index in [1.807, 2.05) is 84.9 Å². The van der Waals surface area contributed by atoms with E-state index in [2.05, 4.69) is 5.32 Å². The standard InChI is InChI=1S/C25H21NO3/c27-25-21(17-9-3-1-4-10-17)23(19-13-7-15-28-19)26-24(20-14-8-16-29-20)22(25)18-11-5-2-6-12-18/h1-16,21-24,26H/t21-,22-,23-,24+/m0/s1. The summed E-state index contributed by atoms with van der Waals surface area (Å²) in [5.41, 5.74) is 1.95. The van der Waals surface area contributed by atoms with E-state index in [4.69, 9.17) is 8.83 Å². The van der Waals surface area contributed by atoms with Crippen LogP contribution in [-0.4, -0.2) is 5.78 Å². The maximum Gasteiger partial charge on any atom is 0.151 e. The number of carbonyl (C=O) groups is 1. The lowest BCUT2D eigenvalue weighted by molar-refractivity contribution is -0.126. The Kier molecular flexibility index (Phi) is 4.62. The van der Waals surface area contributed by atoms with Gasteiger partial charge in [-0.1, -0.05) is 60.7 Å². The van der Waals surface area contributed by atoms with Gasteiger partial charge in [0.05, 0.1) is 36.4 Å². The minimum atomic E-state index is -0.362. The molecule has 1 N–H and O–H groups in total. The Balaban J connectivity index is 1.66. The van der Waals surface area contributed by atoms with E-state index in [0.717, 1.165) is 22.6 Å². The van der Waals surface area contributed by atoms with E-state index in [9.17, 15) is 4.79 Å². The molecule has 144 valence electrons. The number of Topliss-reactive ketones (excluding diaryl/α,β-unsaturated/α-hetero) is 1. The molecule has 5 rings (SSSR count). The molecule has 1 saturated heterocycles. The van der Waals surface area contributed by atoms with Crippen molar-refractivity contribution in [2.75, 3.05) is 0 Å². The van der Waals surface area contributed by atoms with Crippen molar-refractivity contribution in [2.45, 2.75) is 23.9 Å². The van der Waals surface area contributed by atoms with E-state index in [0.29, 0.717) is 0 Å². The molecule has 2 aromatic heterocycles. The molecule has 29 heavy (non-hydrogen) atoms. The smallest absolute Gasteiger partial charge is 0.151 e. The van der Waals surface area contributed by atoms with Gasteiger partial charge in [-0.2, -0.15) is 0 Å². The van der Waals surface area contributed by atoms with E-state index in [1.165, 1.54) is 0 Å². The molecule has 4 nitrogen and oxygen atoms in total. The Morgan fingerprint density at radius 1 is 0.586 bits per heavy atom. The average Bonchev–Trinajstić information content (AvgIpc) is 3.49. The minimum Gasteiger partial charge on any atom is -0.468 e. The first kappa shape index (κ1) is 17.7. The van der Waals surface area contributed by atoms with Crippen molar-refractivity contribution in [2.24, 2.45) is 0 Å². The average molecular weight is 383 g/mol. The first-order valence-corrected chi connectivity index (χ1v) is 9.79. The number of rotatable bonds is 4. The van der Waals surface area contributed by atoms with Gasteiger partial charge in [-0.3, -0.25) is 10.1 Å². The van der Waals surface area contributed by atoms with Crippen molar-refractivity contribution in [1.29, 1.82) is 0 Å². The fourth-order valence-electron chi connectivity index (χ4n) is 4.37. The van der Waals surface area contributed by atoms with Crippen LogP contribution in [0.5, 0.6) is 0 Å². The van der Waals surface area contributed by atoms with Gasteiger partial charge in [-0.25, -0.2) is 0 Å². The van der Waals surface area contributed by atoms with Crippen LogP contribution in [-0.2, 0) is 4.79 Å². The number of nitrogens with one attached hydrogen (secondary N) is 1. The molecule has 1 aliphatic rings. The van der Waals surface area contributed by atoms with Crippen LogP contribution in [0.25, 0.3) is 0 Å². The molecule has 0 saturated carbocycles. The summed E-state index contributed by atoms with van der Waals surface area (Å²) >= 11 is 0. The van der Waals surface area contributed by atoms with Gasteiger partial charge in [0.25, 0.3) is 0 Å². The van der Waals surface area contributed by atoms with Crippen LogP contribution in [0.2, 0.25) is 0 Å². The van der Waals surface area contributed by atoms with E-state index >= 15 is 0 Å². The molecule has 1 fully saturated rings. The van der Waals surface area contributed by atoms with Crippen LogP contribution < -0.4 is 5.32 Å². The van der Waals surface area contributed by atoms with Crippen molar-refractivity contribution in [1.82, 2.24) is 5.32 Å². The molecule has 4 atom stereocenters. The number of piperidine rings is 1. The van der Waals surface area contributed by atoms with Gasteiger partial charge in [0.1, 0.15) is 11.5 Å². The van der Waals surface area contributed by atoms with Gasteiger partial charge in [-0.05, 0) is 35.4 Å². The summed E-state index contributed by atoms with van der Waals surface area (Å²) in [5.74, 6) is 0.923. The lowest BCUT2D eigenvalue weighted by Crippen LogP contribution is -2.46. The van der Waals surface area contributed by atoms with E-state index in [1.54, 1.807) is 12.5 Å². The summed E-state index contributed by atoms with van der Waals surface area (Å²) in [5, 5.41) is 3.68. The van der Waals surface area contributed by atoms with Crippen molar-refractivity contribution in [3.63, 3.8) is 0 Å². The highest BCUT2D eigenvalue weighted by molar-refractivity contribution is 5.94. The predicted octanol–water partition coefficient (Wildman–Crippen LogP) is 5.39. The van der Waals surface area contributed by atoms with Crippen LogP contribution in [0.15, 0.2) is 106 Å². The molecule has 2 aromatic carbocycles. The van der Waals surface area contributed by atoms with Crippen molar-refractivity contribution in [3.05, 3.63) is 120 Å². The fourth-order valence-corrected chi connectivity index (χ4v) is 4.37. The van der Waals surface area contributed by atoms with Crippen LogP contribution in [0.4, 0.5) is 0 Å². The molecule has 0 radical (unpaired) electrons. The summed E-state index contributed by atoms with van der Waals surface area (Å²) in [6.45, 7) is 0. The number of furan rings is 2. The van der Waals surface area contributed by atoms with Crippen molar-refractivity contribution in [3.8, 4) is 0 Å². The molecular formula is C25H21NO3. The topological polar surface area (TPSA) is 55.4 Å². The van der Waals surface area contributed by atoms with E-state index < -0.39 is 0 Å². The number of hydrogen-bond donors (Lipinski definition) is 1. The molecule has 4 aromatic rings. The largest absolute Gasteiger partial charge is 0.468 e. The summed E-state index contributed by atoms with van der Waals surface area (Å²) in [6, 6.07) is 26.8. The Morgan fingerprint density at radius 3 is 1.41 bits per heavy atom. The predicted molar refractivity (Wildman–Crippen MR) is 109 cm³/mol. The second-order valence-corrected chi connectivity index (χ2v) is 7.33. The summed E-state index contributed by atoms with van der Waals surface area (Å²) in [4.78, 5) is 14.0. The van der Waals surface area contributed by atoms with Gasteiger partial charge in [0.2, 0.25) is 0 Å². The Morgan fingerprint density at radius 2 is 1.03 bits per heavy atom. The molecule has 0 amide bonds. The highest BCUT2D eigenvalue weighted by atomic mass is 16.3. The maximum absolute atomic E-state index is 14.0. The van der Waals surface area contributed by atoms with E-state index in [-0.39, 0.29) is 29.7 Å². The van der Waals surface area contributed by atoms with Crippen LogP contribution in [0.1, 0.15) is 46.6 Å².